The molecule has 1 aromatic rings. The van der Waals surface area contributed by atoms with E-state index in [1.807, 2.05) is 0 Å². The SMILES string of the molecule is CNCC(=O)N1CCOC[C@@](O)(CNC(=O)c2ccccn2)C1. The van der Waals surface area contributed by atoms with Crippen LogP contribution in [-0.4, -0.2) is 78.8 Å². The van der Waals surface area contributed by atoms with Crippen LogP contribution < -0.4 is 10.6 Å². The fourth-order valence-corrected chi connectivity index (χ4v) is 2.33. The van der Waals surface area contributed by atoms with E-state index in [0.717, 1.165) is 0 Å². The molecule has 1 aliphatic heterocycles. The van der Waals surface area contributed by atoms with E-state index in [1.165, 1.54) is 11.1 Å². The summed E-state index contributed by atoms with van der Waals surface area (Å²) in [5.41, 5.74) is -1.06. The molecule has 3 N–H and O–H groups in total. The van der Waals surface area contributed by atoms with Gasteiger partial charge in [-0.25, -0.2) is 0 Å². The number of aliphatic hydroxyl groups is 1. The summed E-state index contributed by atoms with van der Waals surface area (Å²) in [5.74, 6) is -0.496. The van der Waals surface area contributed by atoms with Crippen LogP contribution in [0.5, 0.6) is 0 Å². The van der Waals surface area contributed by atoms with Crippen LogP contribution in [0.4, 0.5) is 0 Å². The fourth-order valence-electron chi connectivity index (χ4n) is 2.33. The fraction of sp³-hybridized carbons (Fsp3) is 0.533. The van der Waals surface area contributed by atoms with Gasteiger partial charge in [-0.2, -0.15) is 0 Å². The summed E-state index contributed by atoms with van der Waals surface area (Å²) in [6, 6.07) is 5.02. The lowest BCUT2D eigenvalue weighted by Crippen LogP contribution is -2.54. The van der Waals surface area contributed by atoms with E-state index < -0.39 is 5.60 Å². The van der Waals surface area contributed by atoms with Crippen LogP contribution in [0.2, 0.25) is 0 Å². The summed E-state index contributed by atoms with van der Waals surface area (Å²) in [6.45, 7) is 1.10. The maximum Gasteiger partial charge on any atom is 0.269 e. The lowest BCUT2D eigenvalue weighted by molar-refractivity contribution is -0.132. The number of nitrogens with one attached hydrogen (secondary N) is 2. The van der Waals surface area contributed by atoms with Crippen LogP contribution in [0.3, 0.4) is 0 Å². The number of rotatable bonds is 5. The lowest BCUT2D eigenvalue weighted by atomic mass is 10.0. The number of carbonyl (C=O) groups is 2. The zero-order valence-electron chi connectivity index (χ0n) is 13.1. The molecule has 1 fully saturated rings. The molecule has 1 aromatic heterocycles. The number of β-amino-alcohol motifs (C(OH)–C–C–N with tert-alkyl or cyclic N) is 1. The Bertz CT molecular complexity index is 540. The number of pyridine rings is 1. The molecule has 0 aliphatic carbocycles. The third kappa shape index (κ3) is 4.98. The average Bonchev–Trinajstić information content (AvgIpc) is 2.76. The first kappa shape index (κ1) is 17.3. The molecule has 8 heteroatoms. The molecule has 0 bridgehead atoms. The van der Waals surface area contributed by atoms with Gasteiger partial charge in [0.15, 0.2) is 0 Å². The zero-order valence-corrected chi connectivity index (χ0v) is 13.1. The van der Waals surface area contributed by atoms with Crippen molar-refractivity contribution < 1.29 is 19.4 Å². The van der Waals surface area contributed by atoms with Gasteiger partial charge in [-0.1, -0.05) is 6.07 Å². The van der Waals surface area contributed by atoms with Crippen LogP contribution >= 0.6 is 0 Å². The number of aromatic nitrogens is 1. The molecule has 8 nitrogen and oxygen atoms in total. The van der Waals surface area contributed by atoms with Crippen molar-refractivity contribution in [2.75, 3.05) is 46.4 Å². The summed E-state index contributed by atoms with van der Waals surface area (Å²) >= 11 is 0. The van der Waals surface area contributed by atoms with Gasteiger partial charge in [0.2, 0.25) is 5.91 Å². The van der Waals surface area contributed by atoms with Crippen LogP contribution in [0.1, 0.15) is 10.5 Å². The smallest absolute Gasteiger partial charge is 0.269 e. The maximum atomic E-state index is 12.0. The monoisotopic (exact) mass is 322 g/mol. The first-order chi connectivity index (χ1) is 11.0. The summed E-state index contributed by atoms with van der Waals surface area (Å²) < 4.78 is 5.38. The zero-order chi connectivity index (χ0) is 16.7. The van der Waals surface area contributed by atoms with Gasteiger partial charge in [0.25, 0.3) is 5.91 Å². The lowest BCUT2D eigenvalue weighted by Gasteiger charge is -2.30. The van der Waals surface area contributed by atoms with Gasteiger partial charge in [0.05, 0.1) is 32.8 Å². The maximum absolute atomic E-state index is 12.0. The second-order valence-electron chi connectivity index (χ2n) is 5.52. The molecule has 126 valence electrons. The number of nitrogens with zero attached hydrogens (tertiary/aromatic N) is 2. The van der Waals surface area contributed by atoms with E-state index in [1.54, 1.807) is 25.2 Å². The van der Waals surface area contributed by atoms with Crippen molar-refractivity contribution in [3.05, 3.63) is 30.1 Å². The number of carbonyl (C=O) groups excluding carboxylic acids is 2. The van der Waals surface area contributed by atoms with Crippen molar-refractivity contribution in [1.29, 1.82) is 0 Å². The minimum atomic E-state index is -1.33. The van der Waals surface area contributed by atoms with Gasteiger partial charge < -0.3 is 25.4 Å². The number of amides is 2. The van der Waals surface area contributed by atoms with Gasteiger partial charge in [-0.15, -0.1) is 0 Å². The largest absolute Gasteiger partial charge is 0.384 e. The van der Waals surface area contributed by atoms with Crippen LogP contribution in [-0.2, 0) is 9.53 Å². The molecule has 23 heavy (non-hydrogen) atoms. The Morgan fingerprint density at radius 2 is 2.30 bits per heavy atom. The van der Waals surface area contributed by atoms with E-state index >= 15 is 0 Å². The third-order valence-corrected chi connectivity index (χ3v) is 3.52. The van der Waals surface area contributed by atoms with E-state index in [0.29, 0.717) is 13.2 Å². The summed E-state index contributed by atoms with van der Waals surface area (Å²) in [5, 5.41) is 16.1. The molecule has 0 spiro atoms. The summed E-state index contributed by atoms with van der Waals surface area (Å²) in [4.78, 5) is 29.5. The van der Waals surface area contributed by atoms with Crippen molar-refractivity contribution in [3.8, 4) is 0 Å². The highest BCUT2D eigenvalue weighted by molar-refractivity contribution is 5.92. The minimum Gasteiger partial charge on any atom is -0.384 e. The van der Waals surface area contributed by atoms with Crippen molar-refractivity contribution in [3.63, 3.8) is 0 Å². The predicted molar refractivity (Wildman–Crippen MR) is 82.8 cm³/mol. The Hall–Kier alpha value is -2.03. The van der Waals surface area contributed by atoms with Gasteiger partial charge in [0.1, 0.15) is 11.3 Å². The first-order valence-corrected chi connectivity index (χ1v) is 7.46. The van der Waals surface area contributed by atoms with Gasteiger partial charge in [-0.05, 0) is 19.2 Å². The Labute approximate surface area is 134 Å². The van der Waals surface area contributed by atoms with E-state index in [9.17, 15) is 14.7 Å². The first-order valence-electron chi connectivity index (χ1n) is 7.46. The molecule has 0 unspecified atom stereocenters. The number of likely N-dealkylation sites (N-methyl/N-ethyl adjacent to an activating group) is 1. The molecule has 1 aliphatic rings. The number of hydrogen-bond donors (Lipinski definition) is 3. The minimum absolute atomic E-state index is 0.0221. The quantitative estimate of drug-likeness (QED) is 0.617. The Kier molecular flexibility index (Phi) is 6.03. The molecule has 2 heterocycles. The standard InChI is InChI=1S/C15H22N4O4/c1-16-8-13(20)19-6-7-23-11-15(22,10-19)9-18-14(21)12-4-2-3-5-17-12/h2-5,16,22H,6-11H2,1H3,(H,18,21)/t15-/m1/s1. The molecule has 2 amide bonds. The molecule has 2 rings (SSSR count). The van der Waals surface area contributed by atoms with Gasteiger partial charge in [-0.3, -0.25) is 14.6 Å². The Morgan fingerprint density at radius 3 is 3.00 bits per heavy atom. The molecule has 1 saturated heterocycles. The van der Waals surface area contributed by atoms with Crippen LogP contribution in [0.25, 0.3) is 0 Å². The Balaban J connectivity index is 1.96. The molecular formula is C15H22N4O4. The normalized spacial score (nSPS) is 21.6. The van der Waals surface area contributed by atoms with Gasteiger partial charge >= 0.3 is 0 Å². The van der Waals surface area contributed by atoms with Crippen LogP contribution in [0, 0.1) is 0 Å². The van der Waals surface area contributed by atoms with Gasteiger partial charge in [0, 0.05) is 12.7 Å². The van der Waals surface area contributed by atoms with Crippen LogP contribution in [0.15, 0.2) is 24.4 Å². The van der Waals surface area contributed by atoms with E-state index in [4.69, 9.17) is 4.74 Å². The molecule has 1 atom stereocenters. The highest BCUT2D eigenvalue weighted by Crippen LogP contribution is 2.12. The highest BCUT2D eigenvalue weighted by Gasteiger charge is 2.34. The number of hydrogen-bond acceptors (Lipinski definition) is 6. The molecule has 0 aromatic carbocycles. The van der Waals surface area contributed by atoms with E-state index in [2.05, 4.69) is 15.6 Å². The summed E-state index contributed by atoms with van der Waals surface area (Å²) in [7, 11) is 1.69. The second kappa shape index (κ2) is 8.00. The molecule has 0 radical (unpaired) electrons. The second-order valence-corrected chi connectivity index (χ2v) is 5.52. The number of ether oxygens (including phenoxy) is 1. The van der Waals surface area contributed by atoms with Crippen molar-refractivity contribution in [2.24, 2.45) is 0 Å². The highest BCUT2D eigenvalue weighted by atomic mass is 16.5. The van der Waals surface area contributed by atoms with E-state index in [-0.39, 0.29) is 43.7 Å². The van der Waals surface area contributed by atoms with Crippen molar-refractivity contribution in [2.45, 2.75) is 5.60 Å². The summed E-state index contributed by atoms with van der Waals surface area (Å²) in [6.07, 6.45) is 1.52. The third-order valence-electron chi connectivity index (χ3n) is 3.52. The molecule has 0 saturated carbocycles. The molecular weight excluding hydrogens is 300 g/mol. The topological polar surface area (TPSA) is 104 Å². The van der Waals surface area contributed by atoms with Crippen molar-refractivity contribution in [1.82, 2.24) is 20.5 Å². The average molecular weight is 322 g/mol. The Morgan fingerprint density at radius 1 is 1.48 bits per heavy atom. The van der Waals surface area contributed by atoms with Crippen molar-refractivity contribution >= 4 is 11.8 Å². The predicted octanol–water partition coefficient (Wildman–Crippen LogP) is -1.38.